The second-order valence-corrected chi connectivity index (χ2v) is 5.38. The highest BCUT2D eigenvalue weighted by Gasteiger charge is 2.18. The van der Waals surface area contributed by atoms with E-state index < -0.39 is 0 Å². The van der Waals surface area contributed by atoms with Gasteiger partial charge in [-0.1, -0.05) is 13.0 Å². The maximum atomic E-state index is 6.08. The fourth-order valence-corrected chi connectivity index (χ4v) is 2.83. The van der Waals surface area contributed by atoms with Gasteiger partial charge in [-0.3, -0.25) is 9.67 Å². The molecule has 0 N–H and O–H groups in total. The van der Waals surface area contributed by atoms with Crippen molar-refractivity contribution in [2.45, 2.75) is 32.7 Å². The topological polar surface area (TPSA) is 48.5 Å². The molecule has 6 heteroatoms. The van der Waals surface area contributed by atoms with Gasteiger partial charge >= 0.3 is 0 Å². The summed E-state index contributed by atoms with van der Waals surface area (Å²) in [4.78, 5) is 9.14. The standard InChI is InChI=1S/C15H18ClN5/c1-4-11-14-15(20(3)19-11)21(13(8-16)18-14)9-12-10(2)6-5-7-17-12/h5-7H,4,8-9H2,1-3H3. The molecule has 3 rings (SSSR count). The highest BCUT2D eigenvalue weighted by Crippen LogP contribution is 2.22. The van der Waals surface area contributed by atoms with Crippen LogP contribution in [0.2, 0.25) is 0 Å². The minimum absolute atomic E-state index is 0.379. The quantitative estimate of drug-likeness (QED) is 0.696. The van der Waals surface area contributed by atoms with E-state index in [1.165, 1.54) is 0 Å². The van der Waals surface area contributed by atoms with Gasteiger partial charge < -0.3 is 4.57 Å². The number of aromatic nitrogens is 5. The Bertz CT molecular complexity index is 787. The van der Waals surface area contributed by atoms with Crippen LogP contribution >= 0.6 is 11.6 Å². The maximum absolute atomic E-state index is 6.08. The summed E-state index contributed by atoms with van der Waals surface area (Å²) in [6, 6.07) is 4.02. The van der Waals surface area contributed by atoms with E-state index >= 15 is 0 Å². The molecular weight excluding hydrogens is 286 g/mol. The molecule has 0 unspecified atom stereocenters. The van der Waals surface area contributed by atoms with Crippen molar-refractivity contribution in [1.82, 2.24) is 24.3 Å². The fourth-order valence-electron chi connectivity index (χ4n) is 2.63. The average Bonchev–Trinajstić information content (AvgIpc) is 2.99. The third-order valence-electron chi connectivity index (χ3n) is 3.75. The zero-order valence-electron chi connectivity index (χ0n) is 12.5. The number of hydrogen-bond acceptors (Lipinski definition) is 3. The zero-order valence-corrected chi connectivity index (χ0v) is 13.2. The lowest BCUT2D eigenvalue weighted by Crippen LogP contribution is -2.09. The Labute approximate surface area is 128 Å². The van der Waals surface area contributed by atoms with Gasteiger partial charge in [0.05, 0.1) is 23.8 Å². The van der Waals surface area contributed by atoms with Gasteiger partial charge in [-0.15, -0.1) is 11.6 Å². The van der Waals surface area contributed by atoms with E-state index in [9.17, 15) is 0 Å². The third kappa shape index (κ3) is 2.31. The normalized spacial score (nSPS) is 11.4. The van der Waals surface area contributed by atoms with E-state index in [0.29, 0.717) is 12.4 Å². The Morgan fingerprint density at radius 1 is 1.29 bits per heavy atom. The number of fused-ring (bicyclic) bond motifs is 1. The van der Waals surface area contributed by atoms with Gasteiger partial charge in [0.1, 0.15) is 11.3 Å². The molecule has 3 aromatic heterocycles. The molecule has 5 nitrogen and oxygen atoms in total. The summed E-state index contributed by atoms with van der Waals surface area (Å²) in [5.41, 5.74) is 5.16. The fraction of sp³-hybridized carbons (Fsp3) is 0.400. The van der Waals surface area contributed by atoms with Gasteiger partial charge in [-0.2, -0.15) is 5.10 Å². The molecule has 0 saturated heterocycles. The lowest BCUT2D eigenvalue weighted by molar-refractivity contribution is 0.688. The van der Waals surface area contributed by atoms with Crippen LogP contribution in [0.4, 0.5) is 0 Å². The average molecular weight is 304 g/mol. The van der Waals surface area contributed by atoms with Crippen LogP contribution in [0.1, 0.15) is 29.7 Å². The number of aryl methyl sites for hydroxylation is 3. The first-order chi connectivity index (χ1) is 10.2. The zero-order chi connectivity index (χ0) is 15.0. The molecule has 0 atom stereocenters. The first kappa shape index (κ1) is 14.1. The SMILES string of the molecule is CCc1nn(C)c2c1nc(CCl)n2Cc1ncccc1C. The van der Waals surface area contributed by atoms with E-state index in [1.54, 1.807) is 0 Å². The number of nitrogens with zero attached hydrogens (tertiary/aromatic N) is 5. The Kier molecular flexibility index (Phi) is 3.68. The molecule has 0 aliphatic heterocycles. The monoisotopic (exact) mass is 303 g/mol. The van der Waals surface area contributed by atoms with Crippen molar-refractivity contribution in [3.63, 3.8) is 0 Å². The molecule has 110 valence electrons. The van der Waals surface area contributed by atoms with Crippen LogP contribution in [0, 0.1) is 6.92 Å². The molecule has 3 aromatic rings. The van der Waals surface area contributed by atoms with E-state index in [4.69, 9.17) is 11.6 Å². The van der Waals surface area contributed by atoms with E-state index in [0.717, 1.165) is 40.4 Å². The van der Waals surface area contributed by atoms with Gasteiger partial charge in [0.15, 0.2) is 5.65 Å². The first-order valence-electron chi connectivity index (χ1n) is 7.03. The largest absolute Gasteiger partial charge is 0.306 e. The van der Waals surface area contributed by atoms with Gasteiger partial charge in [-0.25, -0.2) is 4.98 Å². The molecule has 0 aliphatic carbocycles. The summed E-state index contributed by atoms with van der Waals surface area (Å²) in [6.07, 6.45) is 2.68. The van der Waals surface area contributed by atoms with Gasteiger partial charge in [0.25, 0.3) is 0 Å². The first-order valence-corrected chi connectivity index (χ1v) is 7.56. The summed E-state index contributed by atoms with van der Waals surface area (Å²) in [6.45, 7) is 4.81. The van der Waals surface area contributed by atoms with Crippen LogP contribution in [0.15, 0.2) is 18.3 Å². The molecule has 0 aromatic carbocycles. The smallest absolute Gasteiger partial charge is 0.159 e. The molecular formula is C15H18ClN5. The Hall–Kier alpha value is -1.88. The Balaban J connectivity index is 2.17. The van der Waals surface area contributed by atoms with Crippen molar-refractivity contribution in [1.29, 1.82) is 0 Å². The minimum Gasteiger partial charge on any atom is -0.306 e. The molecule has 0 radical (unpaired) electrons. The highest BCUT2D eigenvalue weighted by molar-refractivity contribution is 6.16. The summed E-state index contributed by atoms with van der Waals surface area (Å²) < 4.78 is 4.00. The van der Waals surface area contributed by atoms with Crippen molar-refractivity contribution < 1.29 is 0 Å². The lowest BCUT2D eigenvalue weighted by atomic mass is 10.2. The van der Waals surface area contributed by atoms with Crippen molar-refractivity contribution in [3.05, 3.63) is 41.1 Å². The minimum atomic E-state index is 0.379. The predicted octanol–water partition coefficient (Wildman–Crippen LogP) is 2.82. The molecule has 0 saturated carbocycles. The number of imidazole rings is 1. The summed E-state index contributed by atoms with van der Waals surface area (Å²) >= 11 is 6.08. The van der Waals surface area contributed by atoms with Crippen molar-refractivity contribution in [3.8, 4) is 0 Å². The molecule has 0 spiro atoms. The molecule has 0 amide bonds. The third-order valence-corrected chi connectivity index (χ3v) is 3.99. The van der Waals surface area contributed by atoms with Gasteiger partial charge in [-0.05, 0) is 25.0 Å². The molecule has 3 heterocycles. The van der Waals surface area contributed by atoms with Crippen LogP contribution in [0.25, 0.3) is 11.2 Å². The maximum Gasteiger partial charge on any atom is 0.159 e. The van der Waals surface area contributed by atoms with Crippen LogP contribution < -0.4 is 0 Å². The van der Waals surface area contributed by atoms with E-state index in [2.05, 4.69) is 39.5 Å². The second-order valence-electron chi connectivity index (χ2n) is 5.11. The number of rotatable bonds is 4. The van der Waals surface area contributed by atoms with Crippen molar-refractivity contribution in [2.24, 2.45) is 7.05 Å². The van der Waals surface area contributed by atoms with Crippen molar-refractivity contribution in [2.75, 3.05) is 0 Å². The summed E-state index contributed by atoms with van der Waals surface area (Å²) in [5, 5.41) is 4.54. The van der Waals surface area contributed by atoms with E-state index in [1.807, 2.05) is 24.0 Å². The summed E-state index contributed by atoms with van der Waals surface area (Å²) in [5.74, 6) is 1.24. The Morgan fingerprint density at radius 3 is 2.76 bits per heavy atom. The van der Waals surface area contributed by atoms with E-state index in [-0.39, 0.29) is 0 Å². The second kappa shape index (κ2) is 5.48. The van der Waals surface area contributed by atoms with Gasteiger partial charge in [0, 0.05) is 13.2 Å². The Morgan fingerprint density at radius 2 is 2.10 bits per heavy atom. The lowest BCUT2D eigenvalue weighted by Gasteiger charge is -2.09. The predicted molar refractivity (Wildman–Crippen MR) is 83.5 cm³/mol. The van der Waals surface area contributed by atoms with Crippen LogP contribution in [0.5, 0.6) is 0 Å². The molecule has 0 fully saturated rings. The summed E-state index contributed by atoms with van der Waals surface area (Å²) in [7, 11) is 1.95. The number of halogens is 1. The molecule has 0 aliphatic rings. The molecule has 21 heavy (non-hydrogen) atoms. The van der Waals surface area contributed by atoms with Crippen LogP contribution in [-0.2, 0) is 25.9 Å². The molecule has 0 bridgehead atoms. The van der Waals surface area contributed by atoms with Crippen LogP contribution in [-0.4, -0.2) is 24.3 Å². The van der Waals surface area contributed by atoms with Gasteiger partial charge in [0.2, 0.25) is 0 Å². The number of hydrogen-bond donors (Lipinski definition) is 0. The number of alkyl halides is 1. The van der Waals surface area contributed by atoms with Crippen molar-refractivity contribution >= 4 is 22.8 Å². The van der Waals surface area contributed by atoms with Crippen LogP contribution in [0.3, 0.4) is 0 Å². The highest BCUT2D eigenvalue weighted by atomic mass is 35.5. The number of pyridine rings is 1.